The smallest absolute Gasteiger partial charge is 0.328 e. The number of nitrogens with zero attached hydrogens (tertiary/aromatic N) is 2. The fourth-order valence-corrected chi connectivity index (χ4v) is 2.23. The lowest BCUT2D eigenvalue weighted by Crippen LogP contribution is -2.04. The van der Waals surface area contributed by atoms with Crippen LogP contribution in [-0.2, 0) is 17.6 Å². The second-order valence-electron chi connectivity index (χ2n) is 4.96. The molecule has 4 heteroatoms. The molecule has 0 atom stereocenters. The molecular weight excluding hydrogens is 264 g/mol. The SMILES string of the molecule is CCc1cc(CC)n(-c2cc(/C=C/C(=O)O)ccc2C)n1. The van der Waals surface area contributed by atoms with Crippen LogP contribution in [0, 0.1) is 6.92 Å². The van der Waals surface area contributed by atoms with Crippen LogP contribution in [0.15, 0.2) is 30.3 Å². The first-order chi connectivity index (χ1) is 10.0. The van der Waals surface area contributed by atoms with Crippen molar-refractivity contribution in [3.05, 3.63) is 52.9 Å². The molecule has 2 rings (SSSR count). The summed E-state index contributed by atoms with van der Waals surface area (Å²) in [5.41, 5.74) is 5.20. The Morgan fingerprint density at radius 1 is 1.29 bits per heavy atom. The van der Waals surface area contributed by atoms with Crippen molar-refractivity contribution in [2.24, 2.45) is 0 Å². The first kappa shape index (κ1) is 15.0. The normalized spacial score (nSPS) is 11.2. The van der Waals surface area contributed by atoms with Gasteiger partial charge in [0.1, 0.15) is 0 Å². The highest BCUT2D eigenvalue weighted by Crippen LogP contribution is 2.20. The predicted molar refractivity (Wildman–Crippen MR) is 83.7 cm³/mol. The zero-order valence-corrected chi connectivity index (χ0v) is 12.6. The van der Waals surface area contributed by atoms with Gasteiger partial charge in [-0.25, -0.2) is 9.48 Å². The zero-order valence-electron chi connectivity index (χ0n) is 12.6. The van der Waals surface area contributed by atoms with Crippen molar-refractivity contribution in [1.82, 2.24) is 9.78 Å². The van der Waals surface area contributed by atoms with Gasteiger partial charge >= 0.3 is 5.97 Å². The van der Waals surface area contributed by atoms with Gasteiger partial charge in [-0.05, 0) is 49.1 Å². The molecule has 1 aromatic heterocycles. The van der Waals surface area contributed by atoms with Gasteiger partial charge < -0.3 is 5.11 Å². The molecule has 0 fully saturated rings. The minimum atomic E-state index is -0.946. The van der Waals surface area contributed by atoms with E-state index in [1.165, 1.54) is 0 Å². The fourth-order valence-electron chi connectivity index (χ4n) is 2.23. The first-order valence-corrected chi connectivity index (χ1v) is 7.15. The lowest BCUT2D eigenvalue weighted by Gasteiger charge is -2.10. The summed E-state index contributed by atoms with van der Waals surface area (Å²) < 4.78 is 1.96. The van der Waals surface area contributed by atoms with Crippen molar-refractivity contribution >= 4 is 12.0 Å². The summed E-state index contributed by atoms with van der Waals surface area (Å²) >= 11 is 0. The highest BCUT2D eigenvalue weighted by Gasteiger charge is 2.10. The molecule has 0 saturated carbocycles. The maximum Gasteiger partial charge on any atom is 0.328 e. The molecule has 0 unspecified atom stereocenters. The van der Waals surface area contributed by atoms with Gasteiger partial charge in [-0.3, -0.25) is 0 Å². The Kier molecular flexibility index (Phi) is 4.58. The summed E-state index contributed by atoms with van der Waals surface area (Å²) in [7, 11) is 0. The standard InChI is InChI=1S/C17H20N2O2/c1-4-14-11-15(5-2)19(18-14)16-10-13(7-6-12(16)3)8-9-17(20)21/h6-11H,4-5H2,1-3H3,(H,20,21)/b9-8+. The molecule has 0 aliphatic rings. The van der Waals surface area contributed by atoms with E-state index < -0.39 is 5.97 Å². The van der Waals surface area contributed by atoms with Gasteiger partial charge in [0.2, 0.25) is 0 Å². The van der Waals surface area contributed by atoms with Crippen molar-refractivity contribution < 1.29 is 9.90 Å². The van der Waals surface area contributed by atoms with E-state index in [2.05, 4.69) is 25.0 Å². The molecule has 21 heavy (non-hydrogen) atoms. The Labute approximate surface area is 124 Å². The summed E-state index contributed by atoms with van der Waals surface area (Å²) in [6, 6.07) is 8.00. The van der Waals surface area contributed by atoms with Crippen LogP contribution in [0.3, 0.4) is 0 Å². The van der Waals surface area contributed by atoms with Gasteiger partial charge in [0.25, 0.3) is 0 Å². The van der Waals surface area contributed by atoms with Gasteiger partial charge in [-0.1, -0.05) is 26.0 Å². The molecule has 0 saturated heterocycles. The second kappa shape index (κ2) is 6.39. The van der Waals surface area contributed by atoms with Crippen LogP contribution >= 0.6 is 0 Å². The number of carboxylic acids is 1. The monoisotopic (exact) mass is 284 g/mol. The van der Waals surface area contributed by atoms with Crippen LogP contribution in [0.25, 0.3) is 11.8 Å². The molecule has 0 amide bonds. The number of rotatable bonds is 5. The van der Waals surface area contributed by atoms with E-state index in [4.69, 9.17) is 5.11 Å². The molecule has 1 aromatic carbocycles. The number of aliphatic carboxylic acids is 1. The number of hydrogen-bond donors (Lipinski definition) is 1. The molecule has 0 aliphatic carbocycles. The molecule has 4 nitrogen and oxygen atoms in total. The zero-order chi connectivity index (χ0) is 15.4. The van der Waals surface area contributed by atoms with Gasteiger partial charge in [-0.15, -0.1) is 0 Å². The highest BCUT2D eigenvalue weighted by molar-refractivity contribution is 5.85. The van der Waals surface area contributed by atoms with Crippen LogP contribution in [-0.4, -0.2) is 20.9 Å². The molecule has 1 heterocycles. The lowest BCUT2D eigenvalue weighted by molar-refractivity contribution is -0.131. The van der Waals surface area contributed by atoms with E-state index in [9.17, 15) is 4.79 Å². The third-order valence-corrected chi connectivity index (χ3v) is 3.44. The quantitative estimate of drug-likeness (QED) is 0.856. The van der Waals surface area contributed by atoms with E-state index in [1.54, 1.807) is 6.08 Å². The van der Waals surface area contributed by atoms with E-state index in [1.807, 2.05) is 29.8 Å². The molecule has 110 valence electrons. The van der Waals surface area contributed by atoms with Crippen molar-refractivity contribution in [2.75, 3.05) is 0 Å². The number of benzene rings is 1. The summed E-state index contributed by atoms with van der Waals surface area (Å²) in [6.07, 6.45) is 4.55. The van der Waals surface area contributed by atoms with E-state index in [0.29, 0.717) is 0 Å². The Balaban J connectivity index is 2.50. The molecule has 0 bridgehead atoms. The number of carbonyl (C=O) groups is 1. The summed E-state index contributed by atoms with van der Waals surface area (Å²) in [5.74, 6) is -0.946. The van der Waals surface area contributed by atoms with Crippen LogP contribution < -0.4 is 0 Å². The Hall–Kier alpha value is -2.36. The minimum absolute atomic E-state index is 0.855. The van der Waals surface area contributed by atoms with Gasteiger partial charge in [0.05, 0.1) is 11.4 Å². The lowest BCUT2D eigenvalue weighted by atomic mass is 10.1. The first-order valence-electron chi connectivity index (χ1n) is 7.15. The van der Waals surface area contributed by atoms with Crippen molar-refractivity contribution in [3.63, 3.8) is 0 Å². The molecule has 0 spiro atoms. The number of aryl methyl sites for hydroxylation is 3. The summed E-state index contributed by atoms with van der Waals surface area (Å²) in [4.78, 5) is 10.6. The van der Waals surface area contributed by atoms with Crippen molar-refractivity contribution in [3.8, 4) is 5.69 Å². The van der Waals surface area contributed by atoms with Crippen molar-refractivity contribution in [2.45, 2.75) is 33.6 Å². The molecule has 2 aromatic rings. The maximum absolute atomic E-state index is 10.6. The Bertz CT molecular complexity index is 684. The van der Waals surface area contributed by atoms with E-state index >= 15 is 0 Å². The molecule has 0 radical (unpaired) electrons. The Morgan fingerprint density at radius 3 is 2.67 bits per heavy atom. The minimum Gasteiger partial charge on any atom is -0.478 e. The van der Waals surface area contributed by atoms with E-state index in [0.717, 1.165) is 47.1 Å². The third-order valence-electron chi connectivity index (χ3n) is 3.44. The van der Waals surface area contributed by atoms with Crippen LogP contribution in [0.1, 0.15) is 36.4 Å². The summed E-state index contributed by atoms with van der Waals surface area (Å²) in [5, 5.41) is 13.4. The molecule has 0 aliphatic heterocycles. The largest absolute Gasteiger partial charge is 0.478 e. The van der Waals surface area contributed by atoms with Gasteiger partial charge in [0, 0.05) is 11.8 Å². The third kappa shape index (κ3) is 3.40. The molecule has 1 N–H and O–H groups in total. The molecular formula is C17H20N2O2. The number of hydrogen-bond acceptors (Lipinski definition) is 2. The highest BCUT2D eigenvalue weighted by atomic mass is 16.4. The maximum atomic E-state index is 10.6. The second-order valence-corrected chi connectivity index (χ2v) is 4.96. The average Bonchev–Trinajstić information content (AvgIpc) is 2.89. The average molecular weight is 284 g/mol. The van der Waals surface area contributed by atoms with Gasteiger partial charge in [0.15, 0.2) is 0 Å². The fraction of sp³-hybridized carbons (Fsp3) is 0.294. The van der Waals surface area contributed by atoms with E-state index in [-0.39, 0.29) is 0 Å². The number of aromatic nitrogens is 2. The van der Waals surface area contributed by atoms with Crippen molar-refractivity contribution in [1.29, 1.82) is 0 Å². The topological polar surface area (TPSA) is 55.1 Å². The van der Waals surface area contributed by atoms with Gasteiger partial charge in [-0.2, -0.15) is 5.10 Å². The van der Waals surface area contributed by atoms with Crippen LogP contribution in [0.5, 0.6) is 0 Å². The number of carboxylic acid groups (broad SMARTS) is 1. The van der Waals surface area contributed by atoms with Crippen LogP contribution in [0.4, 0.5) is 0 Å². The Morgan fingerprint density at radius 2 is 2.05 bits per heavy atom. The van der Waals surface area contributed by atoms with Crippen LogP contribution in [0.2, 0.25) is 0 Å². The predicted octanol–water partition coefficient (Wildman–Crippen LogP) is 3.40. The summed E-state index contributed by atoms with van der Waals surface area (Å²) in [6.45, 7) is 6.23.